The maximum atomic E-state index is 6.47. The van der Waals surface area contributed by atoms with Gasteiger partial charge in [-0.15, -0.1) is 0 Å². The standard InChI is InChI=1S/C17H25ClN2/c1-20(12-13-5-2-3-6-13)17-14(7-4-8-16(17)18)11-19-15-9-10-15/h4,7-8,13,15,19H,2-3,5-6,9-12H2,1H3. The zero-order valence-electron chi connectivity index (χ0n) is 12.4. The fraction of sp³-hybridized carbons (Fsp3) is 0.647. The summed E-state index contributed by atoms with van der Waals surface area (Å²) in [5.74, 6) is 0.848. The van der Waals surface area contributed by atoms with Gasteiger partial charge in [-0.3, -0.25) is 0 Å². The second-order valence-electron chi connectivity index (χ2n) is 6.43. The average Bonchev–Trinajstić information content (AvgIpc) is 3.13. The van der Waals surface area contributed by atoms with Crippen LogP contribution in [0.2, 0.25) is 5.02 Å². The summed E-state index contributed by atoms with van der Waals surface area (Å²) in [5.41, 5.74) is 2.57. The Balaban J connectivity index is 1.70. The van der Waals surface area contributed by atoms with Gasteiger partial charge in [0.2, 0.25) is 0 Å². The van der Waals surface area contributed by atoms with E-state index < -0.39 is 0 Å². The molecule has 0 heterocycles. The summed E-state index contributed by atoms with van der Waals surface area (Å²) >= 11 is 6.47. The first kappa shape index (κ1) is 14.2. The van der Waals surface area contributed by atoms with Crippen molar-refractivity contribution < 1.29 is 0 Å². The number of para-hydroxylation sites is 1. The number of nitrogens with one attached hydrogen (secondary N) is 1. The quantitative estimate of drug-likeness (QED) is 0.844. The van der Waals surface area contributed by atoms with Gasteiger partial charge in [0.1, 0.15) is 0 Å². The smallest absolute Gasteiger partial charge is 0.0642 e. The van der Waals surface area contributed by atoms with Crippen molar-refractivity contribution in [3.05, 3.63) is 28.8 Å². The molecule has 3 heteroatoms. The lowest BCUT2D eigenvalue weighted by Crippen LogP contribution is -2.26. The van der Waals surface area contributed by atoms with E-state index >= 15 is 0 Å². The molecule has 2 saturated carbocycles. The topological polar surface area (TPSA) is 15.3 Å². The van der Waals surface area contributed by atoms with Crippen molar-refractivity contribution in [2.24, 2.45) is 5.92 Å². The van der Waals surface area contributed by atoms with Crippen molar-refractivity contribution in [1.29, 1.82) is 0 Å². The van der Waals surface area contributed by atoms with Gasteiger partial charge in [0.15, 0.2) is 0 Å². The molecule has 0 spiro atoms. The summed E-state index contributed by atoms with van der Waals surface area (Å²) in [6.45, 7) is 2.08. The second-order valence-corrected chi connectivity index (χ2v) is 6.84. The van der Waals surface area contributed by atoms with Crippen molar-refractivity contribution in [2.75, 3.05) is 18.5 Å². The van der Waals surface area contributed by atoms with E-state index in [1.165, 1.54) is 49.8 Å². The minimum atomic E-state index is 0.738. The highest BCUT2D eigenvalue weighted by atomic mass is 35.5. The molecule has 0 atom stereocenters. The summed E-state index contributed by atoms with van der Waals surface area (Å²) < 4.78 is 0. The maximum Gasteiger partial charge on any atom is 0.0642 e. The van der Waals surface area contributed by atoms with Crippen LogP contribution in [-0.4, -0.2) is 19.6 Å². The first-order chi connectivity index (χ1) is 9.74. The Kier molecular flexibility index (Phi) is 4.52. The number of halogens is 1. The number of hydrogen-bond acceptors (Lipinski definition) is 2. The van der Waals surface area contributed by atoms with Gasteiger partial charge < -0.3 is 10.2 Å². The predicted octanol–water partition coefficient (Wildman–Crippen LogP) is 4.22. The molecule has 0 aliphatic heterocycles. The van der Waals surface area contributed by atoms with Gasteiger partial charge in [-0.2, -0.15) is 0 Å². The Bertz CT molecular complexity index is 450. The third-order valence-electron chi connectivity index (χ3n) is 4.62. The minimum Gasteiger partial charge on any atom is -0.373 e. The highest BCUT2D eigenvalue weighted by Gasteiger charge is 2.22. The lowest BCUT2D eigenvalue weighted by Gasteiger charge is -2.26. The number of rotatable bonds is 6. The first-order valence-electron chi connectivity index (χ1n) is 7.96. The molecule has 0 amide bonds. The van der Waals surface area contributed by atoms with Crippen LogP contribution in [0.5, 0.6) is 0 Å². The molecular formula is C17H25ClN2. The van der Waals surface area contributed by atoms with Crippen molar-refractivity contribution in [1.82, 2.24) is 5.32 Å². The lowest BCUT2D eigenvalue weighted by atomic mass is 10.1. The van der Waals surface area contributed by atoms with E-state index in [9.17, 15) is 0 Å². The van der Waals surface area contributed by atoms with Crippen LogP contribution in [0.1, 0.15) is 44.1 Å². The van der Waals surface area contributed by atoms with Crippen molar-refractivity contribution in [3.63, 3.8) is 0 Å². The molecule has 3 rings (SSSR count). The van der Waals surface area contributed by atoms with Gasteiger partial charge in [0.25, 0.3) is 0 Å². The van der Waals surface area contributed by atoms with Crippen LogP contribution in [0, 0.1) is 5.92 Å². The highest BCUT2D eigenvalue weighted by molar-refractivity contribution is 6.33. The van der Waals surface area contributed by atoms with E-state index in [4.69, 9.17) is 11.6 Å². The SMILES string of the molecule is CN(CC1CCCC1)c1c(Cl)cccc1CNC1CC1. The van der Waals surface area contributed by atoms with E-state index in [1.807, 2.05) is 6.07 Å². The van der Waals surface area contributed by atoms with Gasteiger partial charge in [-0.25, -0.2) is 0 Å². The molecule has 2 aliphatic rings. The van der Waals surface area contributed by atoms with E-state index in [-0.39, 0.29) is 0 Å². The lowest BCUT2D eigenvalue weighted by molar-refractivity contribution is 0.546. The van der Waals surface area contributed by atoms with Gasteiger partial charge in [0, 0.05) is 26.2 Å². The largest absolute Gasteiger partial charge is 0.373 e. The molecule has 0 saturated heterocycles. The van der Waals surface area contributed by atoms with E-state index in [1.54, 1.807) is 0 Å². The Hall–Kier alpha value is -0.730. The Morgan fingerprint density at radius 1 is 1.20 bits per heavy atom. The molecule has 0 bridgehead atoms. The molecule has 1 aromatic rings. The van der Waals surface area contributed by atoms with Gasteiger partial charge >= 0.3 is 0 Å². The molecule has 1 N–H and O–H groups in total. The van der Waals surface area contributed by atoms with Crippen LogP contribution in [0.15, 0.2) is 18.2 Å². The molecule has 0 radical (unpaired) electrons. The Morgan fingerprint density at radius 3 is 2.65 bits per heavy atom. The van der Waals surface area contributed by atoms with Crippen molar-refractivity contribution in [2.45, 2.75) is 51.1 Å². The Morgan fingerprint density at radius 2 is 1.95 bits per heavy atom. The van der Waals surface area contributed by atoms with Crippen LogP contribution in [-0.2, 0) is 6.54 Å². The van der Waals surface area contributed by atoms with Crippen LogP contribution in [0.3, 0.4) is 0 Å². The molecule has 2 fully saturated rings. The summed E-state index contributed by atoms with van der Waals surface area (Å²) in [5, 5.41) is 4.49. The molecule has 20 heavy (non-hydrogen) atoms. The van der Waals surface area contributed by atoms with Gasteiger partial charge in [-0.05, 0) is 43.2 Å². The summed E-state index contributed by atoms with van der Waals surface area (Å²) in [6, 6.07) is 7.03. The second kappa shape index (κ2) is 6.36. The van der Waals surface area contributed by atoms with Gasteiger partial charge in [0.05, 0.1) is 10.7 Å². The van der Waals surface area contributed by atoms with Crippen LogP contribution in [0.4, 0.5) is 5.69 Å². The average molecular weight is 293 g/mol. The first-order valence-corrected chi connectivity index (χ1v) is 8.34. The van der Waals surface area contributed by atoms with E-state index in [2.05, 4.69) is 29.4 Å². The van der Waals surface area contributed by atoms with Crippen molar-refractivity contribution in [3.8, 4) is 0 Å². The summed E-state index contributed by atoms with van der Waals surface area (Å²) in [6.07, 6.45) is 8.21. The van der Waals surface area contributed by atoms with Crippen LogP contribution >= 0.6 is 11.6 Å². The molecule has 0 unspecified atom stereocenters. The zero-order valence-corrected chi connectivity index (χ0v) is 13.1. The minimum absolute atomic E-state index is 0.738. The fourth-order valence-electron chi connectivity index (χ4n) is 3.34. The summed E-state index contributed by atoms with van der Waals surface area (Å²) in [7, 11) is 2.19. The monoisotopic (exact) mass is 292 g/mol. The Labute approximate surface area is 127 Å². The van der Waals surface area contributed by atoms with Crippen LogP contribution in [0.25, 0.3) is 0 Å². The number of benzene rings is 1. The van der Waals surface area contributed by atoms with Crippen LogP contribution < -0.4 is 10.2 Å². The predicted molar refractivity (Wildman–Crippen MR) is 86.5 cm³/mol. The van der Waals surface area contributed by atoms with E-state index in [0.29, 0.717) is 0 Å². The molecule has 2 nitrogen and oxygen atoms in total. The number of hydrogen-bond donors (Lipinski definition) is 1. The zero-order chi connectivity index (χ0) is 13.9. The molecule has 2 aliphatic carbocycles. The van der Waals surface area contributed by atoms with Crippen molar-refractivity contribution >= 4 is 17.3 Å². The van der Waals surface area contributed by atoms with Gasteiger partial charge in [-0.1, -0.05) is 36.6 Å². The van der Waals surface area contributed by atoms with E-state index in [0.717, 1.165) is 30.1 Å². The number of anilines is 1. The molecular weight excluding hydrogens is 268 g/mol. The normalized spacial score (nSPS) is 19.5. The maximum absolute atomic E-state index is 6.47. The third-order valence-corrected chi connectivity index (χ3v) is 4.92. The molecule has 110 valence electrons. The number of nitrogens with zero attached hydrogens (tertiary/aromatic N) is 1. The molecule has 0 aromatic heterocycles. The fourth-order valence-corrected chi connectivity index (χ4v) is 3.68. The molecule has 1 aromatic carbocycles. The highest BCUT2D eigenvalue weighted by Crippen LogP contribution is 2.33. The summed E-state index contributed by atoms with van der Waals surface area (Å²) in [4.78, 5) is 2.38. The third kappa shape index (κ3) is 3.48.